The third-order valence-electron chi connectivity index (χ3n) is 4.22. The molecule has 0 fully saturated rings. The first-order valence-electron chi connectivity index (χ1n) is 8.02. The highest BCUT2D eigenvalue weighted by Gasteiger charge is 2.13. The van der Waals surface area contributed by atoms with Crippen molar-refractivity contribution >= 4 is 11.6 Å². The van der Waals surface area contributed by atoms with E-state index in [1.54, 1.807) is 6.92 Å². The van der Waals surface area contributed by atoms with Gasteiger partial charge in [-0.2, -0.15) is 0 Å². The molecule has 0 unspecified atom stereocenters. The number of hydrogen-bond donors (Lipinski definition) is 2. The number of carbonyl (C=O) groups excluding carboxylic acids is 1. The first-order valence-corrected chi connectivity index (χ1v) is 8.02. The summed E-state index contributed by atoms with van der Waals surface area (Å²) < 4.78 is 1.02. The molecule has 128 valence electrons. The number of para-hydroxylation sites is 1. The highest BCUT2D eigenvalue weighted by Crippen LogP contribution is 2.21. The average molecular weight is 329 g/mol. The molecule has 0 saturated carbocycles. The molecule has 6 nitrogen and oxygen atoms in total. The van der Waals surface area contributed by atoms with Crippen LogP contribution in [0.3, 0.4) is 0 Å². The number of nitrogens with one attached hydrogen (secondary N) is 2. The van der Waals surface area contributed by atoms with Gasteiger partial charge in [-0.25, -0.2) is 4.79 Å². The fraction of sp³-hybridized carbons (Fsp3) is 0.389. The second-order valence-corrected chi connectivity index (χ2v) is 5.91. The SMILES string of the molecule is CCc1cccc(C)c1NC(=O)CCc1c(C)[nH]c(=O)n(C)c1=O. The lowest BCUT2D eigenvalue weighted by atomic mass is 10.1. The molecule has 0 atom stereocenters. The van der Waals surface area contributed by atoms with Crippen molar-refractivity contribution in [2.45, 2.75) is 40.0 Å². The van der Waals surface area contributed by atoms with Gasteiger partial charge >= 0.3 is 5.69 Å². The lowest BCUT2D eigenvalue weighted by Crippen LogP contribution is -2.36. The molecule has 2 aromatic rings. The third-order valence-corrected chi connectivity index (χ3v) is 4.22. The summed E-state index contributed by atoms with van der Waals surface area (Å²) in [5.74, 6) is -0.147. The number of anilines is 1. The van der Waals surface area contributed by atoms with Crippen LogP contribution in [0.25, 0.3) is 0 Å². The van der Waals surface area contributed by atoms with Gasteiger partial charge < -0.3 is 10.3 Å². The zero-order valence-corrected chi connectivity index (χ0v) is 14.5. The molecular formula is C18H23N3O3. The summed E-state index contributed by atoms with van der Waals surface area (Å²) in [6, 6.07) is 5.91. The Morgan fingerprint density at radius 1 is 1.25 bits per heavy atom. The van der Waals surface area contributed by atoms with E-state index in [9.17, 15) is 14.4 Å². The Balaban J connectivity index is 2.15. The van der Waals surface area contributed by atoms with Crippen LogP contribution in [0.4, 0.5) is 5.69 Å². The van der Waals surface area contributed by atoms with Gasteiger partial charge in [0.15, 0.2) is 0 Å². The van der Waals surface area contributed by atoms with Crippen molar-refractivity contribution in [1.82, 2.24) is 9.55 Å². The topological polar surface area (TPSA) is 84.0 Å². The van der Waals surface area contributed by atoms with Crippen molar-refractivity contribution in [2.24, 2.45) is 7.05 Å². The summed E-state index contributed by atoms with van der Waals surface area (Å²) >= 11 is 0. The van der Waals surface area contributed by atoms with E-state index >= 15 is 0 Å². The van der Waals surface area contributed by atoms with Crippen LogP contribution in [0.1, 0.15) is 35.7 Å². The molecule has 0 spiro atoms. The average Bonchev–Trinajstić information content (AvgIpc) is 2.54. The molecule has 24 heavy (non-hydrogen) atoms. The van der Waals surface area contributed by atoms with Crippen molar-refractivity contribution in [2.75, 3.05) is 5.32 Å². The second kappa shape index (κ2) is 7.29. The van der Waals surface area contributed by atoms with Crippen molar-refractivity contribution in [3.63, 3.8) is 0 Å². The first kappa shape index (κ1) is 17.7. The molecule has 1 aromatic carbocycles. The van der Waals surface area contributed by atoms with Crippen LogP contribution < -0.4 is 16.6 Å². The zero-order chi connectivity index (χ0) is 17.9. The monoisotopic (exact) mass is 329 g/mol. The molecule has 0 bridgehead atoms. The molecule has 2 rings (SSSR count). The maximum atomic E-state index is 12.3. The van der Waals surface area contributed by atoms with E-state index in [0.29, 0.717) is 11.3 Å². The molecule has 0 radical (unpaired) electrons. The van der Waals surface area contributed by atoms with Gasteiger partial charge in [0, 0.05) is 30.4 Å². The molecule has 1 amide bonds. The summed E-state index contributed by atoms with van der Waals surface area (Å²) in [4.78, 5) is 38.6. The summed E-state index contributed by atoms with van der Waals surface area (Å²) in [7, 11) is 1.42. The summed E-state index contributed by atoms with van der Waals surface area (Å²) in [5.41, 5.74) is 3.12. The van der Waals surface area contributed by atoms with Crippen LogP contribution in [-0.2, 0) is 24.7 Å². The maximum absolute atomic E-state index is 12.3. The first-order chi connectivity index (χ1) is 11.3. The van der Waals surface area contributed by atoms with Gasteiger partial charge in [-0.1, -0.05) is 25.1 Å². The minimum Gasteiger partial charge on any atom is -0.326 e. The highest BCUT2D eigenvalue weighted by atomic mass is 16.2. The van der Waals surface area contributed by atoms with Gasteiger partial charge in [0.2, 0.25) is 5.91 Å². The third kappa shape index (κ3) is 3.64. The number of carbonyl (C=O) groups is 1. The minimum absolute atomic E-state index is 0.147. The van der Waals surface area contributed by atoms with E-state index in [0.717, 1.165) is 27.8 Å². The van der Waals surface area contributed by atoms with E-state index in [-0.39, 0.29) is 24.3 Å². The highest BCUT2D eigenvalue weighted by molar-refractivity contribution is 5.92. The Hall–Kier alpha value is -2.63. The number of amides is 1. The van der Waals surface area contributed by atoms with Gasteiger partial charge in [0.05, 0.1) is 0 Å². The molecule has 1 heterocycles. The number of hydrogen-bond acceptors (Lipinski definition) is 3. The zero-order valence-electron chi connectivity index (χ0n) is 14.5. The number of rotatable bonds is 5. The van der Waals surface area contributed by atoms with Gasteiger partial charge in [-0.15, -0.1) is 0 Å². The van der Waals surface area contributed by atoms with Crippen molar-refractivity contribution in [3.8, 4) is 0 Å². The Morgan fingerprint density at radius 3 is 2.62 bits per heavy atom. The van der Waals surface area contributed by atoms with Crippen LogP contribution in [0, 0.1) is 13.8 Å². The number of H-pyrrole nitrogens is 1. The number of nitrogens with zero attached hydrogens (tertiary/aromatic N) is 1. The normalized spacial score (nSPS) is 10.7. The summed E-state index contributed by atoms with van der Waals surface area (Å²) in [5, 5.41) is 2.95. The van der Waals surface area contributed by atoms with Crippen molar-refractivity contribution < 1.29 is 4.79 Å². The second-order valence-electron chi connectivity index (χ2n) is 5.91. The lowest BCUT2D eigenvalue weighted by Gasteiger charge is -2.13. The van der Waals surface area contributed by atoms with E-state index in [1.807, 2.05) is 32.0 Å². The Bertz CT molecular complexity index is 878. The number of aromatic nitrogens is 2. The molecule has 0 saturated heterocycles. The maximum Gasteiger partial charge on any atom is 0.328 e. The predicted octanol–water partition coefficient (Wildman–Crippen LogP) is 1.82. The van der Waals surface area contributed by atoms with E-state index < -0.39 is 5.69 Å². The number of aromatic amines is 1. The fourth-order valence-electron chi connectivity index (χ4n) is 2.71. The Morgan fingerprint density at radius 2 is 1.96 bits per heavy atom. The van der Waals surface area contributed by atoms with Crippen LogP contribution >= 0.6 is 0 Å². The summed E-state index contributed by atoms with van der Waals surface area (Å²) in [6.07, 6.45) is 1.30. The van der Waals surface area contributed by atoms with Crippen LogP contribution in [0.15, 0.2) is 27.8 Å². The standard InChI is InChI=1S/C18H23N3O3/c1-5-13-8-6-7-11(2)16(13)20-15(22)10-9-14-12(3)19-18(24)21(4)17(14)23/h6-8H,5,9-10H2,1-4H3,(H,19,24)(H,20,22). The van der Waals surface area contributed by atoms with Crippen LogP contribution in [0.5, 0.6) is 0 Å². The van der Waals surface area contributed by atoms with Crippen molar-refractivity contribution in [3.05, 3.63) is 61.4 Å². The molecule has 0 aliphatic carbocycles. The smallest absolute Gasteiger partial charge is 0.326 e. The molecule has 2 N–H and O–H groups in total. The molecule has 0 aliphatic rings. The molecular weight excluding hydrogens is 306 g/mol. The lowest BCUT2D eigenvalue weighted by molar-refractivity contribution is -0.116. The quantitative estimate of drug-likeness (QED) is 0.877. The van der Waals surface area contributed by atoms with E-state index in [4.69, 9.17) is 0 Å². The minimum atomic E-state index is -0.446. The largest absolute Gasteiger partial charge is 0.328 e. The molecule has 6 heteroatoms. The predicted molar refractivity (Wildman–Crippen MR) is 94.5 cm³/mol. The van der Waals surface area contributed by atoms with E-state index in [1.165, 1.54) is 7.05 Å². The van der Waals surface area contributed by atoms with Crippen LogP contribution in [0.2, 0.25) is 0 Å². The molecule has 0 aliphatic heterocycles. The molecule has 1 aromatic heterocycles. The van der Waals surface area contributed by atoms with Gasteiger partial charge in [0.25, 0.3) is 5.56 Å². The van der Waals surface area contributed by atoms with Gasteiger partial charge in [0.1, 0.15) is 0 Å². The number of benzene rings is 1. The Kier molecular flexibility index (Phi) is 5.39. The van der Waals surface area contributed by atoms with Crippen molar-refractivity contribution in [1.29, 1.82) is 0 Å². The fourth-order valence-corrected chi connectivity index (χ4v) is 2.71. The Labute approximate surface area is 140 Å². The van der Waals surface area contributed by atoms with E-state index in [2.05, 4.69) is 10.3 Å². The van der Waals surface area contributed by atoms with Gasteiger partial charge in [-0.3, -0.25) is 14.2 Å². The summed E-state index contributed by atoms with van der Waals surface area (Å²) in [6.45, 7) is 5.67. The number of aryl methyl sites for hydroxylation is 3. The van der Waals surface area contributed by atoms with Crippen LogP contribution in [-0.4, -0.2) is 15.5 Å². The van der Waals surface area contributed by atoms with Gasteiger partial charge in [-0.05, 0) is 37.8 Å².